The van der Waals surface area contributed by atoms with Gasteiger partial charge in [0.05, 0.1) is 6.42 Å². The van der Waals surface area contributed by atoms with Crippen molar-refractivity contribution in [2.75, 3.05) is 0 Å². The van der Waals surface area contributed by atoms with Crippen LogP contribution in [0.4, 0.5) is 0 Å². The van der Waals surface area contributed by atoms with Crippen molar-refractivity contribution in [3.63, 3.8) is 0 Å². The zero-order valence-electron chi connectivity index (χ0n) is 15.0. The second-order valence-electron chi connectivity index (χ2n) is 9.11. The summed E-state index contributed by atoms with van der Waals surface area (Å²) < 4.78 is 8.59. The van der Waals surface area contributed by atoms with Crippen molar-refractivity contribution in [3.8, 4) is 0 Å². The first-order valence-corrected chi connectivity index (χ1v) is 13.5. The summed E-state index contributed by atoms with van der Waals surface area (Å²) in [5.74, 6) is 0.278. The fraction of sp³-hybridized carbons (Fsp3) is 0.933. The fourth-order valence-corrected chi connectivity index (χ4v) is 5.66. The van der Waals surface area contributed by atoms with Gasteiger partial charge in [-0.2, -0.15) is 0 Å². The van der Waals surface area contributed by atoms with Gasteiger partial charge in [-0.15, -0.1) is 0 Å². The molecule has 0 saturated carbocycles. The SMILES string of the molecule is CC(C)(C)[Si](C)(C)O[C@@H]1CC(=O)N1[Si](C)(C)C(C)(C)C. The second-order valence-corrected chi connectivity index (χ2v) is 19.0. The first-order valence-electron chi connectivity index (χ1n) is 7.61. The van der Waals surface area contributed by atoms with Gasteiger partial charge in [-0.25, -0.2) is 0 Å². The van der Waals surface area contributed by atoms with Gasteiger partial charge >= 0.3 is 0 Å². The number of hydrogen-bond acceptors (Lipinski definition) is 2. The highest BCUT2D eigenvalue weighted by Gasteiger charge is 2.54. The smallest absolute Gasteiger partial charge is 0.221 e. The molecule has 1 aliphatic heterocycles. The zero-order chi connectivity index (χ0) is 16.1. The van der Waals surface area contributed by atoms with Crippen LogP contribution in [0.2, 0.25) is 36.3 Å². The van der Waals surface area contributed by atoms with Crippen molar-refractivity contribution < 1.29 is 9.22 Å². The van der Waals surface area contributed by atoms with Crippen LogP contribution < -0.4 is 0 Å². The predicted molar refractivity (Wildman–Crippen MR) is 90.7 cm³/mol. The van der Waals surface area contributed by atoms with E-state index in [-0.39, 0.29) is 22.2 Å². The Morgan fingerprint density at radius 3 is 1.75 bits per heavy atom. The monoisotopic (exact) mass is 315 g/mol. The van der Waals surface area contributed by atoms with Crippen LogP contribution in [0.25, 0.3) is 0 Å². The lowest BCUT2D eigenvalue weighted by molar-refractivity contribution is -0.151. The van der Waals surface area contributed by atoms with E-state index >= 15 is 0 Å². The highest BCUT2D eigenvalue weighted by molar-refractivity contribution is 6.80. The van der Waals surface area contributed by atoms with Crippen LogP contribution in [-0.2, 0) is 9.22 Å². The van der Waals surface area contributed by atoms with E-state index in [0.717, 1.165) is 0 Å². The Kier molecular flexibility index (Phi) is 4.44. The number of amides is 1. The Morgan fingerprint density at radius 2 is 1.45 bits per heavy atom. The van der Waals surface area contributed by atoms with Gasteiger partial charge in [0.2, 0.25) is 5.91 Å². The normalized spacial score (nSPS) is 22.0. The van der Waals surface area contributed by atoms with Gasteiger partial charge in [0.1, 0.15) is 6.23 Å². The van der Waals surface area contributed by atoms with Crippen LogP contribution in [0, 0.1) is 0 Å². The molecule has 0 aromatic rings. The van der Waals surface area contributed by atoms with E-state index in [1.807, 2.05) is 0 Å². The molecule has 1 aliphatic rings. The van der Waals surface area contributed by atoms with Gasteiger partial charge in [0, 0.05) is 0 Å². The van der Waals surface area contributed by atoms with Gasteiger partial charge in [0.25, 0.3) is 0 Å². The van der Waals surface area contributed by atoms with E-state index < -0.39 is 16.6 Å². The molecule has 1 saturated heterocycles. The molecule has 0 aliphatic carbocycles. The van der Waals surface area contributed by atoms with Crippen LogP contribution in [0.15, 0.2) is 0 Å². The first-order chi connectivity index (χ1) is 8.61. The maximum Gasteiger partial charge on any atom is 0.221 e. The molecule has 20 heavy (non-hydrogen) atoms. The molecular weight excluding hydrogens is 282 g/mol. The molecule has 0 radical (unpaired) electrons. The quantitative estimate of drug-likeness (QED) is 0.564. The van der Waals surface area contributed by atoms with Crippen LogP contribution >= 0.6 is 0 Å². The summed E-state index contributed by atoms with van der Waals surface area (Å²) >= 11 is 0. The van der Waals surface area contributed by atoms with E-state index in [2.05, 4.69) is 72.3 Å². The van der Waals surface area contributed by atoms with Crippen molar-refractivity contribution in [1.29, 1.82) is 0 Å². The van der Waals surface area contributed by atoms with E-state index in [4.69, 9.17) is 4.43 Å². The third-order valence-electron chi connectivity index (χ3n) is 5.58. The average Bonchev–Trinajstić information content (AvgIpc) is 2.11. The molecule has 1 fully saturated rings. The van der Waals surface area contributed by atoms with E-state index in [1.54, 1.807) is 0 Å². The molecule has 0 aromatic heterocycles. The molecular formula is C15H33NO2Si2. The Labute approximate surface area is 127 Å². The molecule has 0 bridgehead atoms. The van der Waals surface area contributed by atoms with Gasteiger partial charge in [-0.1, -0.05) is 54.6 Å². The first kappa shape index (κ1) is 17.9. The summed E-state index contributed by atoms with van der Waals surface area (Å²) in [5, 5.41) is 0.350. The highest BCUT2D eigenvalue weighted by atomic mass is 28.4. The van der Waals surface area contributed by atoms with Gasteiger partial charge < -0.3 is 8.99 Å². The molecule has 1 amide bonds. The summed E-state index contributed by atoms with van der Waals surface area (Å²) in [6.45, 7) is 22.6. The third kappa shape index (κ3) is 3.04. The van der Waals surface area contributed by atoms with Crippen LogP contribution in [-0.4, -0.2) is 33.3 Å². The number of nitrogens with zero attached hydrogens (tertiary/aromatic N) is 1. The van der Waals surface area contributed by atoms with Crippen molar-refractivity contribution in [3.05, 3.63) is 0 Å². The lowest BCUT2D eigenvalue weighted by Crippen LogP contribution is -2.70. The van der Waals surface area contributed by atoms with Gasteiger partial charge in [0.15, 0.2) is 16.6 Å². The third-order valence-corrected chi connectivity index (χ3v) is 15.5. The summed E-state index contributed by atoms with van der Waals surface area (Å²) in [7, 11) is -3.64. The maximum absolute atomic E-state index is 12.2. The van der Waals surface area contributed by atoms with Gasteiger partial charge in [-0.3, -0.25) is 4.79 Å². The molecule has 0 unspecified atom stereocenters. The highest BCUT2D eigenvalue weighted by Crippen LogP contribution is 2.45. The van der Waals surface area contributed by atoms with Crippen LogP contribution in [0.5, 0.6) is 0 Å². The second kappa shape index (κ2) is 4.95. The number of carbonyl (C=O) groups is 1. The standard InChI is InChI=1S/C15H33NO2Si2/c1-14(2,3)19(7,8)16-12(17)11-13(16)18-20(9,10)15(4,5)6/h13H,11H2,1-10H3/t13-/m1/s1. The summed E-state index contributed by atoms with van der Waals surface area (Å²) in [6.07, 6.45) is 0.586. The lowest BCUT2D eigenvalue weighted by Gasteiger charge is -2.56. The molecule has 1 atom stereocenters. The topological polar surface area (TPSA) is 29.5 Å². The molecule has 0 aromatic carbocycles. The van der Waals surface area contributed by atoms with Crippen molar-refractivity contribution >= 4 is 22.5 Å². The Bertz CT molecular complexity index is 392. The minimum absolute atomic E-state index is 0.0179. The van der Waals surface area contributed by atoms with Crippen LogP contribution in [0.1, 0.15) is 48.0 Å². The molecule has 0 spiro atoms. The average molecular weight is 316 g/mol. The van der Waals surface area contributed by atoms with E-state index in [0.29, 0.717) is 6.42 Å². The summed E-state index contributed by atoms with van der Waals surface area (Å²) in [5.41, 5.74) is 0. The maximum atomic E-state index is 12.2. The van der Waals surface area contributed by atoms with Crippen molar-refractivity contribution in [1.82, 2.24) is 4.57 Å². The number of β-lactam (4-membered cyclic amide) rings is 1. The molecule has 5 heteroatoms. The summed E-state index contributed by atoms with van der Waals surface area (Å²) in [6, 6.07) is 0. The largest absolute Gasteiger partial charge is 0.397 e. The lowest BCUT2D eigenvalue weighted by atomic mass is 10.2. The number of hydrogen-bond donors (Lipinski definition) is 0. The fourth-order valence-electron chi connectivity index (χ4n) is 2.03. The molecule has 3 nitrogen and oxygen atoms in total. The Hall–Kier alpha value is -0.136. The minimum atomic E-state index is -1.83. The zero-order valence-corrected chi connectivity index (χ0v) is 17.0. The Morgan fingerprint density at radius 1 is 1.00 bits per heavy atom. The summed E-state index contributed by atoms with van der Waals surface area (Å²) in [4.78, 5) is 12.2. The van der Waals surface area contributed by atoms with Crippen molar-refractivity contribution in [2.24, 2.45) is 0 Å². The number of rotatable bonds is 3. The van der Waals surface area contributed by atoms with E-state index in [1.165, 1.54) is 0 Å². The van der Waals surface area contributed by atoms with Gasteiger partial charge in [-0.05, 0) is 23.2 Å². The molecule has 118 valence electrons. The predicted octanol–water partition coefficient (Wildman–Crippen LogP) is 4.57. The molecule has 1 heterocycles. The van der Waals surface area contributed by atoms with Crippen molar-refractivity contribution in [2.45, 2.75) is 90.5 Å². The van der Waals surface area contributed by atoms with Crippen LogP contribution in [0.3, 0.4) is 0 Å². The Balaban J connectivity index is 2.93. The molecule has 1 rings (SSSR count). The number of carbonyl (C=O) groups excluding carboxylic acids is 1. The van der Waals surface area contributed by atoms with E-state index in [9.17, 15) is 4.79 Å². The molecule has 0 N–H and O–H groups in total. The minimum Gasteiger partial charge on any atom is -0.397 e.